The molecule has 1 amide bonds. The largest absolute Gasteiger partial charge is 0.497 e. The van der Waals surface area contributed by atoms with Crippen molar-refractivity contribution < 1.29 is 9.53 Å². The van der Waals surface area contributed by atoms with Crippen LogP contribution in [0.25, 0.3) is 0 Å². The van der Waals surface area contributed by atoms with E-state index in [9.17, 15) is 9.59 Å². The van der Waals surface area contributed by atoms with Crippen LogP contribution >= 0.6 is 0 Å². The maximum Gasteiger partial charge on any atom is 0.254 e. The van der Waals surface area contributed by atoms with Crippen LogP contribution in [0.1, 0.15) is 54.2 Å². The maximum absolute atomic E-state index is 12.9. The van der Waals surface area contributed by atoms with Crippen LogP contribution in [0.4, 0.5) is 0 Å². The summed E-state index contributed by atoms with van der Waals surface area (Å²) >= 11 is 0. The molecule has 1 fully saturated rings. The molecule has 0 radical (unpaired) electrons. The molecule has 0 bridgehead atoms. The fourth-order valence-corrected chi connectivity index (χ4v) is 5.29. The van der Waals surface area contributed by atoms with Crippen LogP contribution in [0, 0.1) is 5.92 Å². The molecular formula is C26H32N4O3. The number of H-pyrrole nitrogens is 1. The van der Waals surface area contributed by atoms with Gasteiger partial charge in [-0.3, -0.25) is 14.5 Å². The van der Waals surface area contributed by atoms with Crippen molar-refractivity contribution >= 4 is 5.91 Å². The first kappa shape index (κ1) is 21.9. The number of allylic oxidation sites excluding steroid dienone is 2. The highest BCUT2D eigenvalue weighted by Gasteiger charge is 2.33. The van der Waals surface area contributed by atoms with Gasteiger partial charge in [-0.15, -0.1) is 0 Å². The first-order valence-electron chi connectivity index (χ1n) is 12.0. The lowest BCUT2D eigenvalue weighted by Gasteiger charge is -2.28. The fraction of sp³-hybridized carbons (Fsp3) is 0.500. The van der Waals surface area contributed by atoms with Crippen molar-refractivity contribution in [1.29, 1.82) is 0 Å². The number of nitrogens with zero attached hydrogens (tertiary/aromatic N) is 3. The molecule has 7 heteroatoms. The van der Waals surface area contributed by atoms with E-state index >= 15 is 0 Å². The highest BCUT2D eigenvalue weighted by atomic mass is 16.5. The molecule has 0 spiro atoms. The molecule has 33 heavy (non-hydrogen) atoms. The fourth-order valence-electron chi connectivity index (χ4n) is 5.29. The molecule has 3 heterocycles. The normalized spacial score (nSPS) is 22.9. The van der Waals surface area contributed by atoms with Crippen LogP contribution in [-0.4, -0.2) is 52.4 Å². The van der Waals surface area contributed by atoms with Crippen molar-refractivity contribution in [2.75, 3.05) is 26.7 Å². The van der Waals surface area contributed by atoms with Gasteiger partial charge in [0, 0.05) is 50.1 Å². The molecule has 2 aromatic rings. The van der Waals surface area contributed by atoms with Gasteiger partial charge in [-0.1, -0.05) is 24.3 Å². The Morgan fingerprint density at radius 2 is 2.03 bits per heavy atom. The van der Waals surface area contributed by atoms with Crippen LogP contribution in [-0.2, 0) is 24.3 Å². The lowest BCUT2D eigenvalue weighted by Crippen LogP contribution is -2.36. The molecule has 1 saturated heterocycles. The minimum absolute atomic E-state index is 0.0127. The zero-order chi connectivity index (χ0) is 22.8. The summed E-state index contributed by atoms with van der Waals surface area (Å²) in [4.78, 5) is 38.0. The molecule has 1 aromatic carbocycles. The average molecular weight is 449 g/mol. The molecule has 2 atom stereocenters. The number of ether oxygens (including phenoxy) is 1. The van der Waals surface area contributed by atoms with Gasteiger partial charge in [0.2, 0.25) is 5.91 Å². The van der Waals surface area contributed by atoms with Crippen LogP contribution in [0.5, 0.6) is 5.75 Å². The number of hydrogen-bond donors (Lipinski definition) is 1. The summed E-state index contributed by atoms with van der Waals surface area (Å²) in [5.41, 5.74) is 2.90. The monoisotopic (exact) mass is 448 g/mol. The maximum atomic E-state index is 12.9. The first-order chi connectivity index (χ1) is 16.1. The third-order valence-corrected chi connectivity index (χ3v) is 7.24. The van der Waals surface area contributed by atoms with Gasteiger partial charge in [-0.2, -0.15) is 0 Å². The summed E-state index contributed by atoms with van der Waals surface area (Å²) in [7, 11) is 1.67. The number of benzene rings is 1. The van der Waals surface area contributed by atoms with Gasteiger partial charge >= 0.3 is 0 Å². The number of amides is 1. The van der Waals surface area contributed by atoms with Crippen LogP contribution < -0.4 is 10.3 Å². The topological polar surface area (TPSA) is 78.5 Å². The van der Waals surface area contributed by atoms with Crippen molar-refractivity contribution in [2.45, 2.75) is 51.1 Å². The number of likely N-dealkylation sites (tertiary alicyclic amines) is 1. The number of rotatable bonds is 5. The molecule has 1 N–H and O–H groups in total. The second-order valence-electron chi connectivity index (χ2n) is 9.44. The Hall–Kier alpha value is -2.93. The highest BCUT2D eigenvalue weighted by molar-refractivity contribution is 5.79. The van der Waals surface area contributed by atoms with E-state index in [0.29, 0.717) is 19.5 Å². The summed E-state index contributed by atoms with van der Waals surface area (Å²) in [6.07, 6.45) is 8.62. The van der Waals surface area contributed by atoms with E-state index in [1.807, 2.05) is 17.0 Å². The van der Waals surface area contributed by atoms with E-state index in [0.717, 1.165) is 68.1 Å². The summed E-state index contributed by atoms with van der Waals surface area (Å²) < 4.78 is 5.25. The number of carbonyl (C=O) groups is 1. The van der Waals surface area contributed by atoms with Crippen molar-refractivity contribution in [3.8, 4) is 5.75 Å². The van der Waals surface area contributed by atoms with Crippen LogP contribution in [0.15, 0.2) is 41.2 Å². The van der Waals surface area contributed by atoms with Gasteiger partial charge in [0.15, 0.2) is 0 Å². The van der Waals surface area contributed by atoms with Crippen LogP contribution in [0.2, 0.25) is 0 Å². The highest BCUT2D eigenvalue weighted by Crippen LogP contribution is 2.29. The zero-order valence-electron chi connectivity index (χ0n) is 19.3. The van der Waals surface area contributed by atoms with Crippen molar-refractivity contribution in [2.24, 2.45) is 5.92 Å². The smallest absolute Gasteiger partial charge is 0.254 e. The summed E-state index contributed by atoms with van der Waals surface area (Å²) in [6.45, 7) is 3.71. The van der Waals surface area contributed by atoms with E-state index in [1.165, 1.54) is 5.56 Å². The van der Waals surface area contributed by atoms with Crippen molar-refractivity contribution in [3.63, 3.8) is 0 Å². The molecule has 0 saturated carbocycles. The minimum atomic E-state index is -0.0127. The Morgan fingerprint density at radius 1 is 1.18 bits per heavy atom. The summed E-state index contributed by atoms with van der Waals surface area (Å²) in [5.74, 6) is 2.06. The van der Waals surface area contributed by atoms with Gasteiger partial charge in [-0.05, 0) is 49.8 Å². The second-order valence-corrected chi connectivity index (χ2v) is 9.44. The molecule has 5 rings (SSSR count). The SMILES string of the molecule is COc1ccc(CN2CCc3c(nc([C@@H]4CCN(C(=O)[C@@H]5CC=CCC5)C4)[nH]c3=O)C2)cc1. The molecular weight excluding hydrogens is 416 g/mol. The quantitative estimate of drug-likeness (QED) is 0.712. The second kappa shape index (κ2) is 9.51. The Labute approximate surface area is 194 Å². The number of nitrogens with one attached hydrogen (secondary N) is 1. The Bertz CT molecular complexity index is 1090. The minimum Gasteiger partial charge on any atom is -0.497 e. The Balaban J connectivity index is 1.27. The standard InChI is InChI=1S/C26H32N4O3/c1-33-21-9-7-18(8-10-21)15-29-13-12-22-23(17-29)27-24(28-25(22)31)20-11-14-30(16-20)26(32)19-5-3-2-4-6-19/h2-3,7-10,19-20H,4-6,11-17H2,1H3,(H,27,28,31)/t19-,20-/m1/s1. The van der Waals surface area contributed by atoms with Gasteiger partial charge in [-0.25, -0.2) is 4.98 Å². The molecule has 1 aliphatic carbocycles. The number of fused-ring (bicyclic) bond motifs is 1. The van der Waals surface area contributed by atoms with E-state index in [1.54, 1.807) is 7.11 Å². The molecule has 0 unspecified atom stereocenters. The Kier molecular flexibility index (Phi) is 6.31. The number of aromatic nitrogens is 2. The molecule has 3 aliphatic rings. The van der Waals surface area contributed by atoms with Crippen molar-refractivity contribution in [1.82, 2.24) is 19.8 Å². The van der Waals surface area contributed by atoms with E-state index < -0.39 is 0 Å². The van der Waals surface area contributed by atoms with Gasteiger partial charge in [0.05, 0.1) is 12.8 Å². The number of aromatic amines is 1. The number of hydrogen-bond acceptors (Lipinski definition) is 5. The lowest BCUT2D eigenvalue weighted by atomic mass is 9.93. The van der Waals surface area contributed by atoms with E-state index in [-0.39, 0.29) is 23.3 Å². The zero-order valence-corrected chi connectivity index (χ0v) is 19.3. The molecule has 2 aliphatic heterocycles. The summed E-state index contributed by atoms with van der Waals surface area (Å²) in [5, 5.41) is 0. The van der Waals surface area contributed by atoms with Gasteiger partial charge < -0.3 is 14.6 Å². The number of carbonyl (C=O) groups excluding carboxylic acids is 1. The molecule has 1 aromatic heterocycles. The van der Waals surface area contributed by atoms with Gasteiger partial charge in [0.1, 0.15) is 11.6 Å². The van der Waals surface area contributed by atoms with E-state index in [4.69, 9.17) is 9.72 Å². The molecule has 174 valence electrons. The van der Waals surface area contributed by atoms with E-state index in [2.05, 4.69) is 34.2 Å². The molecule has 7 nitrogen and oxygen atoms in total. The van der Waals surface area contributed by atoms with Crippen LogP contribution in [0.3, 0.4) is 0 Å². The average Bonchev–Trinajstić information content (AvgIpc) is 3.35. The Morgan fingerprint density at radius 3 is 2.79 bits per heavy atom. The summed E-state index contributed by atoms with van der Waals surface area (Å²) in [6, 6.07) is 8.12. The predicted molar refractivity (Wildman–Crippen MR) is 126 cm³/mol. The third kappa shape index (κ3) is 4.74. The van der Waals surface area contributed by atoms with Gasteiger partial charge in [0.25, 0.3) is 5.56 Å². The van der Waals surface area contributed by atoms with Crippen molar-refractivity contribution in [3.05, 3.63) is 69.4 Å². The number of methoxy groups -OCH3 is 1. The predicted octanol–water partition coefficient (Wildman–Crippen LogP) is 3.01. The lowest BCUT2D eigenvalue weighted by molar-refractivity contribution is -0.134. The first-order valence-corrected chi connectivity index (χ1v) is 12.0. The third-order valence-electron chi connectivity index (χ3n) is 7.24.